The minimum absolute atomic E-state index is 0.0821. The highest BCUT2D eigenvalue weighted by atomic mass is 35.5. The van der Waals surface area contributed by atoms with E-state index < -0.39 is 28.5 Å². The molecule has 3 aromatic carbocycles. The molecular formula is C31H36ClN3O4S. The molecule has 0 spiro atoms. The topological polar surface area (TPSA) is 86.8 Å². The van der Waals surface area contributed by atoms with Gasteiger partial charge < -0.3 is 10.2 Å². The molecule has 0 saturated heterocycles. The number of rotatable bonds is 11. The Morgan fingerprint density at radius 3 is 2.17 bits per heavy atom. The summed E-state index contributed by atoms with van der Waals surface area (Å²) in [5.41, 5.74) is 2.13. The molecule has 0 aliphatic heterocycles. The summed E-state index contributed by atoms with van der Waals surface area (Å²) < 4.78 is 28.8. The van der Waals surface area contributed by atoms with Gasteiger partial charge >= 0.3 is 0 Å². The molecule has 1 atom stereocenters. The van der Waals surface area contributed by atoms with Crippen molar-refractivity contribution >= 4 is 39.1 Å². The van der Waals surface area contributed by atoms with Crippen LogP contribution in [0.3, 0.4) is 0 Å². The second-order valence-electron chi connectivity index (χ2n) is 10.2. The molecule has 7 nitrogen and oxygen atoms in total. The van der Waals surface area contributed by atoms with Crippen LogP contribution in [0, 0.1) is 6.92 Å². The lowest BCUT2D eigenvalue weighted by Crippen LogP contribution is -2.53. The van der Waals surface area contributed by atoms with Crippen LogP contribution in [0.2, 0.25) is 5.02 Å². The number of halogens is 1. The number of nitrogens with one attached hydrogen (secondary N) is 1. The Hall–Kier alpha value is -3.36. The number of sulfonamides is 1. The summed E-state index contributed by atoms with van der Waals surface area (Å²) in [5, 5.41) is 3.68. The van der Waals surface area contributed by atoms with Crippen molar-refractivity contribution in [1.82, 2.24) is 10.2 Å². The number of aryl methyl sites for hydroxylation is 1. The van der Waals surface area contributed by atoms with Crippen LogP contribution in [-0.2, 0) is 26.2 Å². The minimum atomic E-state index is -4.08. The third kappa shape index (κ3) is 7.23. The molecule has 3 aromatic rings. The van der Waals surface area contributed by atoms with Gasteiger partial charge in [-0.2, -0.15) is 0 Å². The Bertz CT molecular complexity index is 1390. The molecule has 9 heteroatoms. The third-order valence-electron chi connectivity index (χ3n) is 7.29. The van der Waals surface area contributed by atoms with Crippen molar-refractivity contribution in [2.75, 3.05) is 10.8 Å². The quantitative estimate of drug-likeness (QED) is 0.314. The summed E-state index contributed by atoms with van der Waals surface area (Å²) in [5.74, 6) is -0.687. The van der Waals surface area contributed by atoms with Crippen molar-refractivity contribution in [2.24, 2.45) is 0 Å². The molecule has 1 aliphatic carbocycles. The van der Waals surface area contributed by atoms with Gasteiger partial charge in [0.15, 0.2) is 0 Å². The van der Waals surface area contributed by atoms with Gasteiger partial charge in [-0.1, -0.05) is 79.4 Å². The first-order chi connectivity index (χ1) is 19.2. The lowest BCUT2D eigenvalue weighted by molar-refractivity contribution is -0.140. The van der Waals surface area contributed by atoms with Gasteiger partial charge in [-0.3, -0.25) is 13.9 Å². The maximum Gasteiger partial charge on any atom is 0.264 e. The lowest BCUT2D eigenvalue weighted by Gasteiger charge is -2.33. The van der Waals surface area contributed by atoms with Crippen LogP contribution in [0.15, 0.2) is 83.8 Å². The maximum absolute atomic E-state index is 14.1. The summed E-state index contributed by atoms with van der Waals surface area (Å²) in [6.45, 7) is 3.45. The number of nitrogens with zero attached hydrogens (tertiary/aromatic N) is 2. The van der Waals surface area contributed by atoms with Crippen LogP contribution in [-0.4, -0.2) is 43.8 Å². The largest absolute Gasteiger partial charge is 0.352 e. The van der Waals surface area contributed by atoms with E-state index in [0.29, 0.717) is 17.1 Å². The molecule has 0 heterocycles. The van der Waals surface area contributed by atoms with E-state index in [2.05, 4.69) is 5.32 Å². The minimum Gasteiger partial charge on any atom is -0.352 e. The molecule has 2 amide bonds. The Morgan fingerprint density at radius 1 is 0.950 bits per heavy atom. The molecule has 1 aliphatic rings. The van der Waals surface area contributed by atoms with Gasteiger partial charge in [-0.15, -0.1) is 0 Å². The van der Waals surface area contributed by atoms with Gasteiger partial charge in [-0.05, 0) is 68.1 Å². The molecule has 0 radical (unpaired) electrons. The maximum atomic E-state index is 14.1. The standard InChI is InChI=1S/C31H36ClN3O4S/c1-3-29(31(37)33-26-9-7-8-10-26)34(21-24-15-17-25(32)18-16-24)30(36)22-35(27-19-13-23(2)14-20-27)40(38,39)28-11-5-4-6-12-28/h4-6,11-20,26,29H,3,7-10,21-22H2,1-2H3,(H,33,37)/t29-/m1/s1. The van der Waals surface area contributed by atoms with Crippen LogP contribution in [0.1, 0.15) is 50.2 Å². The number of hydrogen-bond donors (Lipinski definition) is 1. The van der Waals surface area contributed by atoms with Gasteiger partial charge in [0.25, 0.3) is 10.0 Å². The zero-order chi connectivity index (χ0) is 28.7. The smallest absolute Gasteiger partial charge is 0.264 e. The van der Waals surface area contributed by atoms with Gasteiger partial charge in [0, 0.05) is 17.6 Å². The summed E-state index contributed by atoms with van der Waals surface area (Å²) in [4.78, 5) is 29.2. The van der Waals surface area contributed by atoms with Crippen molar-refractivity contribution in [1.29, 1.82) is 0 Å². The molecule has 0 bridgehead atoms. The fourth-order valence-corrected chi connectivity index (χ4v) is 6.59. The van der Waals surface area contributed by atoms with Crippen LogP contribution in [0.5, 0.6) is 0 Å². The molecule has 1 saturated carbocycles. The van der Waals surface area contributed by atoms with E-state index >= 15 is 0 Å². The predicted octanol–water partition coefficient (Wildman–Crippen LogP) is 5.71. The Balaban J connectivity index is 1.69. The molecule has 4 rings (SSSR count). The SMILES string of the molecule is CC[C@H](C(=O)NC1CCCC1)N(Cc1ccc(Cl)cc1)C(=O)CN(c1ccc(C)cc1)S(=O)(=O)c1ccccc1. The second-order valence-corrected chi connectivity index (χ2v) is 12.5. The number of hydrogen-bond acceptors (Lipinski definition) is 4. The number of carbonyl (C=O) groups is 2. The molecule has 40 heavy (non-hydrogen) atoms. The summed E-state index contributed by atoms with van der Waals surface area (Å²) >= 11 is 6.08. The summed E-state index contributed by atoms with van der Waals surface area (Å²) in [6, 6.07) is 21.5. The molecule has 1 N–H and O–H groups in total. The number of amides is 2. The van der Waals surface area contributed by atoms with E-state index in [1.54, 1.807) is 42.5 Å². The average Bonchev–Trinajstić information content (AvgIpc) is 3.46. The van der Waals surface area contributed by atoms with E-state index in [-0.39, 0.29) is 23.4 Å². The van der Waals surface area contributed by atoms with E-state index in [1.807, 2.05) is 38.1 Å². The van der Waals surface area contributed by atoms with Crippen LogP contribution < -0.4 is 9.62 Å². The van der Waals surface area contributed by atoms with Crippen molar-refractivity contribution < 1.29 is 18.0 Å². The van der Waals surface area contributed by atoms with Gasteiger partial charge in [0.1, 0.15) is 12.6 Å². The van der Waals surface area contributed by atoms with Crippen molar-refractivity contribution in [2.45, 2.75) is 69.5 Å². The highest BCUT2D eigenvalue weighted by molar-refractivity contribution is 7.92. The van der Waals surface area contributed by atoms with Gasteiger partial charge in [0.05, 0.1) is 10.6 Å². The third-order valence-corrected chi connectivity index (χ3v) is 9.33. The number of anilines is 1. The van der Waals surface area contributed by atoms with Crippen LogP contribution >= 0.6 is 11.6 Å². The number of benzene rings is 3. The van der Waals surface area contributed by atoms with E-state index in [4.69, 9.17) is 11.6 Å². The van der Waals surface area contributed by atoms with Crippen molar-refractivity contribution in [3.05, 3.63) is 95.0 Å². The average molecular weight is 582 g/mol. The monoisotopic (exact) mass is 581 g/mol. The highest BCUT2D eigenvalue weighted by Gasteiger charge is 2.34. The van der Waals surface area contributed by atoms with Crippen LogP contribution in [0.4, 0.5) is 5.69 Å². The lowest BCUT2D eigenvalue weighted by atomic mass is 10.1. The predicted molar refractivity (Wildman–Crippen MR) is 159 cm³/mol. The molecule has 0 unspecified atom stereocenters. The zero-order valence-corrected chi connectivity index (χ0v) is 24.5. The summed E-state index contributed by atoms with van der Waals surface area (Å²) in [7, 11) is -4.08. The Labute approximate surface area is 242 Å². The second kappa shape index (κ2) is 13.3. The molecule has 1 fully saturated rings. The van der Waals surface area contributed by atoms with Crippen molar-refractivity contribution in [3.63, 3.8) is 0 Å². The summed E-state index contributed by atoms with van der Waals surface area (Å²) in [6.07, 6.45) is 4.36. The fourth-order valence-electron chi connectivity index (χ4n) is 5.03. The zero-order valence-electron chi connectivity index (χ0n) is 22.9. The Morgan fingerprint density at radius 2 is 1.57 bits per heavy atom. The highest BCUT2D eigenvalue weighted by Crippen LogP contribution is 2.26. The van der Waals surface area contributed by atoms with Crippen molar-refractivity contribution in [3.8, 4) is 0 Å². The first-order valence-electron chi connectivity index (χ1n) is 13.7. The van der Waals surface area contributed by atoms with Crippen LogP contribution in [0.25, 0.3) is 0 Å². The molecular weight excluding hydrogens is 546 g/mol. The Kier molecular flexibility index (Phi) is 9.87. The first-order valence-corrected chi connectivity index (χ1v) is 15.5. The fraction of sp³-hybridized carbons (Fsp3) is 0.355. The number of carbonyl (C=O) groups excluding carboxylic acids is 2. The first kappa shape index (κ1) is 29.6. The van der Waals surface area contributed by atoms with E-state index in [9.17, 15) is 18.0 Å². The van der Waals surface area contributed by atoms with E-state index in [0.717, 1.165) is 41.1 Å². The molecule has 212 valence electrons. The normalized spacial score (nSPS) is 14.5. The molecule has 0 aromatic heterocycles. The van der Waals surface area contributed by atoms with Gasteiger partial charge in [-0.25, -0.2) is 8.42 Å². The van der Waals surface area contributed by atoms with Gasteiger partial charge in [0.2, 0.25) is 11.8 Å². The van der Waals surface area contributed by atoms with E-state index in [1.165, 1.54) is 17.0 Å².